The van der Waals surface area contributed by atoms with Crippen LogP contribution in [0.5, 0.6) is 0 Å². The summed E-state index contributed by atoms with van der Waals surface area (Å²) in [6.45, 7) is 0. The molecule has 0 fully saturated rings. The second kappa shape index (κ2) is 3.98. The predicted octanol–water partition coefficient (Wildman–Crippen LogP) is 1.44. The van der Waals surface area contributed by atoms with E-state index in [1.54, 1.807) is 16.4 Å². The summed E-state index contributed by atoms with van der Waals surface area (Å²) in [6.07, 6.45) is 12.6. The summed E-state index contributed by atoms with van der Waals surface area (Å²) in [5.41, 5.74) is 2.07. The van der Waals surface area contributed by atoms with E-state index in [9.17, 15) is 9.59 Å². The molecule has 4 aliphatic rings. The first-order valence-corrected chi connectivity index (χ1v) is 7.14. The lowest BCUT2D eigenvalue weighted by Crippen LogP contribution is -2.38. The summed E-state index contributed by atoms with van der Waals surface area (Å²) in [4.78, 5) is 24.8. The van der Waals surface area contributed by atoms with E-state index in [0.717, 1.165) is 25.7 Å². The highest BCUT2D eigenvalue weighted by Gasteiger charge is 2.33. The molecular formula is C15H17N3O2. The third kappa shape index (κ3) is 1.38. The molecule has 2 aliphatic carbocycles. The molecule has 5 rings (SSSR count). The number of aromatic nitrogens is 3. The van der Waals surface area contributed by atoms with Gasteiger partial charge in [0.15, 0.2) is 0 Å². The maximum absolute atomic E-state index is 12.4. The molecule has 0 radical (unpaired) electrons. The van der Waals surface area contributed by atoms with Crippen molar-refractivity contribution < 1.29 is 0 Å². The van der Waals surface area contributed by atoms with Gasteiger partial charge in [0.05, 0.1) is 12.1 Å². The average Bonchev–Trinajstić information content (AvgIpc) is 2.63. The SMILES string of the molecule is Cn1c(=O)n2n(c1=O)[C@H]1C=C[C@@H]2C2=CCCC=C1CC2. The van der Waals surface area contributed by atoms with Crippen LogP contribution in [0.3, 0.4) is 0 Å². The van der Waals surface area contributed by atoms with Crippen molar-refractivity contribution in [2.45, 2.75) is 37.8 Å². The van der Waals surface area contributed by atoms with E-state index < -0.39 is 0 Å². The average molecular weight is 271 g/mol. The Morgan fingerprint density at radius 3 is 1.80 bits per heavy atom. The van der Waals surface area contributed by atoms with Gasteiger partial charge in [-0.1, -0.05) is 24.3 Å². The molecule has 0 unspecified atom stereocenters. The molecule has 1 aromatic rings. The Morgan fingerprint density at radius 1 is 0.900 bits per heavy atom. The van der Waals surface area contributed by atoms with Crippen molar-refractivity contribution >= 4 is 0 Å². The van der Waals surface area contributed by atoms with Crippen molar-refractivity contribution in [1.29, 1.82) is 0 Å². The lowest BCUT2D eigenvalue weighted by atomic mass is 9.86. The minimum absolute atomic E-state index is 0.0905. The van der Waals surface area contributed by atoms with Gasteiger partial charge >= 0.3 is 11.4 Å². The minimum Gasteiger partial charge on any atom is -0.246 e. The summed E-state index contributed by atoms with van der Waals surface area (Å²) < 4.78 is 4.49. The van der Waals surface area contributed by atoms with Crippen LogP contribution in [0.2, 0.25) is 0 Å². The monoisotopic (exact) mass is 271 g/mol. The fourth-order valence-electron chi connectivity index (χ4n) is 3.58. The minimum atomic E-state index is -0.220. The zero-order chi connectivity index (χ0) is 13.9. The topological polar surface area (TPSA) is 48.9 Å². The van der Waals surface area contributed by atoms with Crippen molar-refractivity contribution in [1.82, 2.24) is 13.9 Å². The molecule has 0 amide bonds. The van der Waals surface area contributed by atoms with Gasteiger partial charge in [0.25, 0.3) is 0 Å². The lowest BCUT2D eigenvalue weighted by molar-refractivity contribution is 0.369. The highest BCUT2D eigenvalue weighted by atomic mass is 16.2. The van der Waals surface area contributed by atoms with Gasteiger partial charge in [-0.05, 0) is 36.8 Å². The van der Waals surface area contributed by atoms with E-state index in [1.807, 2.05) is 0 Å². The van der Waals surface area contributed by atoms with Crippen LogP contribution >= 0.6 is 0 Å². The van der Waals surface area contributed by atoms with Gasteiger partial charge in [0.2, 0.25) is 0 Å². The van der Waals surface area contributed by atoms with Crippen LogP contribution in [0.25, 0.3) is 0 Å². The molecule has 1 aromatic heterocycles. The van der Waals surface area contributed by atoms with Gasteiger partial charge in [0.1, 0.15) is 0 Å². The first kappa shape index (κ1) is 11.8. The normalized spacial score (nSPS) is 27.2. The van der Waals surface area contributed by atoms with Gasteiger partial charge < -0.3 is 0 Å². The number of nitrogens with zero attached hydrogens (tertiary/aromatic N) is 3. The zero-order valence-electron chi connectivity index (χ0n) is 11.5. The molecular weight excluding hydrogens is 254 g/mol. The maximum Gasteiger partial charge on any atom is 0.347 e. The fourth-order valence-corrected chi connectivity index (χ4v) is 3.58. The van der Waals surface area contributed by atoms with E-state index >= 15 is 0 Å². The summed E-state index contributed by atoms with van der Waals surface area (Å²) >= 11 is 0. The summed E-state index contributed by atoms with van der Waals surface area (Å²) in [7, 11) is 1.56. The number of rotatable bonds is 0. The third-order valence-electron chi connectivity index (χ3n) is 4.64. The molecule has 0 spiro atoms. The number of hydrogen-bond donors (Lipinski definition) is 0. The Labute approximate surface area is 116 Å². The van der Waals surface area contributed by atoms with Crippen molar-refractivity contribution in [3.63, 3.8) is 0 Å². The van der Waals surface area contributed by atoms with Crippen molar-refractivity contribution in [2.75, 3.05) is 0 Å². The van der Waals surface area contributed by atoms with E-state index in [4.69, 9.17) is 0 Å². The molecule has 5 nitrogen and oxygen atoms in total. The molecule has 2 atom stereocenters. The Balaban J connectivity index is 2.12. The second-order valence-electron chi connectivity index (χ2n) is 5.72. The lowest BCUT2D eigenvalue weighted by Gasteiger charge is -2.34. The fraction of sp³-hybridized carbons (Fsp3) is 0.467. The van der Waals surface area contributed by atoms with Crippen LogP contribution in [0, 0.1) is 0 Å². The van der Waals surface area contributed by atoms with Crippen molar-refractivity contribution in [3.05, 3.63) is 56.4 Å². The Bertz CT molecular complexity index is 722. The van der Waals surface area contributed by atoms with E-state index in [2.05, 4.69) is 24.3 Å². The van der Waals surface area contributed by atoms with E-state index in [0.29, 0.717) is 0 Å². The Hall–Kier alpha value is -2.04. The molecule has 0 aromatic carbocycles. The molecule has 2 aliphatic heterocycles. The highest BCUT2D eigenvalue weighted by Crippen LogP contribution is 2.38. The van der Waals surface area contributed by atoms with Gasteiger partial charge in [-0.25, -0.2) is 23.5 Å². The van der Waals surface area contributed by atoms with Crippen molar-refractivity contribution in [2.24, 2.45) is 7.05 Å². The quantitative estimate of drug-likeness (QED) is 0.670. The van der Waals surface area contributed by atoms with E-state index in [-0.39, 0.29) is 23.5 Å². The van der Waals surface area contributed by atoms with Gasteiger partial charge in [-0.15, -0.1) is 0 Å². The van der Waals surface area contributed by atoms with Gasteiger partial charge in [-0.2, -0.15) is 0 Å². The van der Waals surface area contributed by atoms with Crippen molar-refractivity contribution in [3.8, 4) is 0 Å². The number of allylic oxidation sites excluding steroid dienone is 6. The number of hydrogen-bond acceptors (Lipinski definition) is 2. The summed E-state index contributed by atoms with van der Waals surface area (Å²) in [5.74, 6) is 0. The third-order valence-corrected chi connectivity index (χ3v) is 4.64. The van der Waals surface area contributed by atoms with Gasteiger partial charge in [0, 0.05) is 7.05 Å². The molecule has 4 bridgehead atoms. The molecule has 0 saturated carbocycles. The summed E-state index contributed by atoms with van der Waals surface area (Å²) in [6, 6.07) is -0.181. The first-order chi connectivity index (χ1) is 9.68. The largest absolute Gasteiger partial charge is 0.347 e. The summed E-state index contributed by atoms with van der Waals surface area (Å²) in [5, 5.41) is 0. The van der Waals surface area contributed by atoms with Crippen LogP contribution in [0.1, 0.15) is 37.8 Å². The van der Waals surface area contributed by atoms with Crippen LogP contribution in [-0.4, -0.2) is 13.9 Å². The predicted molar refractivity (Wildman–Crippen MR) is 75.8 cm³/mol. The molecule has 0 N–H and O–H groups in total. The Morgan fingerprint density at radius 2 is 1.35 bits per heavy atom. The molecule has 3 heterocycles. The first-order valence-electron chi connectivity index (χ1n) is 7.14. The molecule has 0 saturated heterocycles. The smallest absolute Gasteiger partial charge is 0.246 e. The molecule has 20 heavy (non-hydrogen) atoms. The zero-order valence-corrected chi connectivity index (χ0v) is 11.5. The Kier molecular flexibility index (Phi) is 2.34. The van der Waals surface area contributed by atoms with E-state index in [1.165, 1.54) is 15.7 Å². The van der Waals surface area contributed by atoms with Crippen LogP contribution in [0.4, 0.5) is 0 Å². The standard InChI is InChI=1S/C15H17N3O2/c1-16-14(19)17-12-8-9-13(18(17)15(16)20)11-5-3-2-4-10(12)6-7-11/h4-5,8-9,12-13H,2-3,6-7H2,1H3/t12-,13+. The van der Waals surface area contributed by atoms with Crippen LogP contribution in [0.15, 0.2) is 45.0 Å². The van der Waals surface area contributed by atoms with Crippen LogP contribution in [-0.2, 0) is 7.05 Å². The molecule has 104 valence electrons. The van der Waals surface area contributed by atoms with Gasteiger partial charge in [-0.3, -0.25) is 0 Å². The highest BCUT2D eigenvalue weighted by molar-refractivity contribution is 5.31. The second-order valence-corrected chi connectivity index (χ2v) is 5.72. The van der Waals surface area contributed by atoms with Crippen LogP contribution < -0.4 is 11.4 Å². The maximum atomic E-state index is 12.4. The molecule has 5 heteroatoms.